The van der Waals surface area contributed by atoms with Crippen molar-refractivity contribution in [2.24, 2.45) is 11.7 Å². The summed E-state index contributed by atoms with van der Waals surface area (Å²) in [5, 5.41) is 0. The molecule has 0 bridgehead atoms. The molecule has 1 aliphatic rings. The maximum Gasteiger partial charge on any atom is 0.124 e. The molecule has 1 atom stereocenters. The first kappa shape index (κ1) is 12.9. The molecule has 94 valence electrons. The van der Waals surface area contributed by atoms with Crippen LogP contribution in [0.4, 0.5) is 0 Å². The molecule has 1 aromatic carbocycles. The summed E-state index contributed by atoms with van der Waals surface area (Å²) >= 11 is 3.47. The highest BCUT2D eigenvalue weighted by molar-refractivity contribution is 9.10. The first-order valence-corrected chi connectivity index (χ1v) is 7.14. The number of ether oxygens (including phenoxy) is 1. The van der Waals surface area contributed by atoms with Gasteiger partial charge in [-0.05, 0) is 43.9 Å². The molecule has 0 spiro atoms. The summed E-state index contributed by atoms with van der Waals surface area (Å²) in [5.41, 5.74) is 7.05. The molecule has 2 N–H and O–H groups in total. The summed E-state index contributed by atoms with van der Waals surface area (Å²) in [6.45, 7) is 2.82. The average Bonchev–Trinajstić information content (AvgIpc) is 2.80. The SMILES string of the molecule is C[C@H](N)c1cc(Br)ccc1OCC1CCCC1. The van der Waals surface area contributed by atoms with E-state index in [1.165, 1.54) is 25.7 Å². The van der Waals surface area contributed by atoms with Gasteiger partial charge >= 0.3 is 0 Å². The highest BCUT2D eigenvalue weighted by Gasteiger charge is 2.17. The van der Waals surface area contributed by atoms with Crippen molar-refractivity contribution < 1.29 is 4.74 Å². The van der Waals surface area contributed by atoms with Crippen molar-refractivity contribution in [2.45, 2.75) is 38.6 Å². The minimum Gasteiger partial charge on any atom is -0.493 e. The van der Waals surface area contributed by atoms with Crippen LogP contribution in [0.5, 0.6) is 5.75 Å². The van der Waals surface area contributed by atoms with Crippen LogP contribution in [0, 0.1) is 5.92 Å². The number of nitrogens with two attached hydrogens (primary N) is 1. The van der Waals surface area contributed by atoms with E-state index in [1.54, 1.807) is 0 Å². The van der Waals surface area contributed by atoms with Gasteiger partial charge in [0.25, 0.3) is 0 Å². The lowest BCUT2D eigenvalue weighted by atomic mass is 10.1. The molecule has 0 saturated heterocycles. The van der Waals surface area contributed by atoms with Gasteiger partial charge in [0.05, 0.1) is 6.61 Å². The van der Waals surface area contributed by atoms with E-state index in [-0.39, 0.29) is 6.04 Å². The minimum absolute atomic E-state index is 0.00563. The fraction of sp³-hybridized carbons (Fsp3) is 0.571. The maximum atomic E-state index is 5.97. The molecular formula is C14H20BrNO. The summed E-state index contributed by atoms with van der Waals surface area (Å²) in [6.07, 6.45) is 5.33. The van der Waals surface area contributed by atoms with Crippen molar-refractivity contribution >= 4 is 15.9 Å². The third-order valence-corrected chi connectivity index (χ3v) is 3.90. The summed E-state index contributed by atoms with van der Waals surface area (Å²) in [4.78, 5) is 0. The first-order chi connectivity index (χ1) is 8.16. The van der Waals surface area contributed by atoms with Crippen LogP contribution in [0.1, 0.15) is 44.2 Å². The Hall–Kier alpha value is -0.540. The van der Waals surface area contributed by atoms with Crippen LogP contribution in [0.15, 0.2) is 22.7 Å². The first-order valence-electron chi connectivity index (χ1n) is 6.34. The van der Waals surface area contributed by atoms with Gasteiger partial charge in [0.1, 0.15) is 5.75 Å². The Labute approximate surface area is 112 Å². The highest BCUT2D eigenvalue weighted by Crippen LogP contribution is 2.30. The van der Waals surface area contributed by atoms with Gasteiger partial charge in [-0.15, -0.1) is 0 Å². The van der Waals surface area contributed by atoms with Gasteiger partial charge in [-0.3, -0.25) is 0 Å². The second-order valence-electron chi connectivity index (χ2n) is 4.93. The maximum absolute atomic E-state index is 5.97. The smallest absolute Gasteiger partial charge is 0.124 e. The molecule has 1 saturated carbocycles. The molecule has 1 aromatic rings. The van der Waals surface area contributed by atoms with E-state index in [0.29, 0.717) is 0 Å². The summed E-state index contributed by atoms with van der Waals surface area (Å²) in [7, 11) is 0. The molecule has 0 amide bonds. The fourth-order valence-corrected chi connectivity index (χ4v) is 2.77. The Morgan fingerprint density at radius 3 is 2.76 bits per heavy atom. The van der Waals surface area contributed by atoms with E-state index >= 15 is 0 Å². The second kappa shape index (κ2) is 5.87. The Balaban J connectivity index is 2.03. The number of hydrogen-bond acceptors (Lipinski definition) is 2. The van der Waals surface area contributed by atoms with Crippen LogP contribution in [0.2, 0.25) is 0 Å². The van der Waals surface area contributed by atoms with Gasteiger partial charge in [-0.1, -0.05) is 28.8 Å². The van der Waals surface area contributed by atoms with E-state index in [0.717, 1.165) is 28.3 Å². The molecule has 0 aromatic heterocycles. The largest absolute Gasteiger partial charge is 0.493 e. The van der Waals surface area contributed by atoms with Crippen molar-refractivity contribution in [3.8, 4) is 5.75 Å². The lowest BCUT2D eigenvalue weighted by Gasteiger charge is -2.16. The molecule has 0 heterocycles. The lowest BCUT2D eigenvalue weighted by Crippen LogP contribution is -2.12. The summed E-state index contributed by atoms with van der Waals surface area (Å²) in [6, 6.07) is 6.08. The Morgan fingerprint density at radius 1 is 1.41 bits per heavy atom. The van der Waals surface area contributed by atoms with E-state index in [2.05, 4.69) is 22.0 Å². The highest BCUT2D eigenvalue weighted by atomic mass is 79.9. The van der Waals surface area contributed by atoms with Crippen LogP contribution >= 0.6 is 15.9 Å². The topological polar surface area (TPSA) is 35.2 Å². The summed E-state index contributed by atoms with van der Waals surface area (Å²) in [5.74, 6) is 1.68. The zero-order valence-electron chi connectivity index (χ0n) is 10.3. The van der Waals surface area contributed by atoms with Gasteiger partial charge in [-0.25, -0.2) is 0 Å². The Morgan fingerprint density at radius 2 is 2.12 bits per heavy atom. The van der Waals surface area contributed by atoms with Crippen LogP contribution < -0.4 is 10.5 Å². The second-order valence-corrected chi connectivity index (χ2v) is 5.85. The van der Waals surface area contributed by atoms with Crippen LogP contribution in [-0.2, 0) is 0 Å². The molecule has 1 aliphatic carbocycles. The van der Waals surface area contributed by atoms with E-state index in [1.807, 2.05) is 19.1 Å². The molecule has 1 fully saturated rings. The predicted octanol–water partition coefficient (Wildman–Crippen LogP) is 4.04. The number of halogens is 1. The van der Waals surface area contributed by atoms with Gasteiger partial charge in [0.15, 0.2) is 0 Å². The van der Waals surface area contributed by atoms with E-state index in [9.17, 15) is 0 Å². The quantitative estimate of drug-likeness (QED) is 0.910. The molecule has 2 rings (SSSR count). The van der Waals surface area contributed by atoms with Crippen LogP contribution in [-0.4, -0.2) is 6.61 Å². The van der Waals surface area contributed by atoms with Crippen molar-refractivity contribution in [3.05, 3.63) is 28.2 Å². The fourth-order valence-electron chi connectivity index (χ4n) is 2.39. The standard InChI is InChI=1S/C14H20BrNO/c1-10(16)13-8-12(15)6-7-14(13)17-9-11-4-2-3-5-11/h6-8,10-11H,2-5,9,16H2,1H3/t10-/m0/s1. The van der Waals surface area contributed by atoms with E-state index in [4.69, 9.17) is 10.5 Å². The zero-order valence-corrected chi connectivity index (χ0v) is 11.9. The van der Waals surface area contributed by atoms with E-state index < -0.39 is 0 Å². The number of hydrogen-bond donors (Lipinski definition) is 1. The number of benzene rings is 1. The molecule has 17 heavy (non-hydrogen) atoms. The minimum atomic E-state index is 0.00563. The molecule has 0 unspecified atom stereocenters. The van der Waals surface area contributed by atoms with Crippen molar-refractivity contribution in [1.29, 1.82) is 0 Å². The van der Waals surface area contributed by atoms with Crippen molar-refractivity contribution in [2.75, 3.05) is 6.61 Å². The molecule has 0 radical (unpaired) electrons. The molecule has 2 nitrogen and oxygen atoms in total. The van der Waals surface area contributed by atoms with Crippen LogP contribution in [0.3, 0.4) is 0 Å². The number of rotatable bonds is 4. The van der Waals surface area contributed by atoms with Crippen molar-refractivity contribution in [3.63, 3.8) is 0 Å². The normalized spacial score (nSPS) is 18.3. The Kier molecular flexibility index (Phi) is 4.46. The third kappa shape index (κ3) is 3.46. The van der Waals surface area contributed by atoms with Gasteiger partial charge < -0.3 is 10.5 Å². The molecular weight excluding hydrogens is 278 g/mol. The van der Waals surface area contributed by atoms with Crippen molar-refractivity contribution in [1.82, 2.24) is 0 Å². The molecule has 3 heteroatoms. The Bertz CT molecular complexity index is 372. The van der Waals surface area contributed by atoms with Crippen LogP contribution in [0.25, 0.3) is 0 Å². The monoisotopic (exact) mass is 297 g/mol. The predicted molar refractivity (Wildman–Crippen MR) is 74.2 cm³/mol. The summed E-state index contributed by atoms with van der Waals surface area (Å²) < 4.78 is 6.99. The van der Waals surface area contributed by atoms with Gasteiger partial charge in [0, 0.05) is 16.1 Å². The average molecular weight is 298 g/mol. The van der Waals surface area contributed by atoms with Gasteiger partial charge in [0.2, 0.25) is 0 Å². The molecule has 0 aliphatic heterocycles. The third-order valence-electron chi connectivity index (χ3n) is 3.41. The van der Waals surface area contributed by atoms with Gasteiger partial charge in [-0.2, -0.15) is 0 Å². The lowest BCUT2D eigenvalue weighted by molar-refractivity contribution is 0.249. The zero-order chi connectivity index (χ0) is 12.3.